The Balaban J connectivity index is 2.02. The molecule has 1 atom stereocenters. The van der Waals surface area contributed by atoms with Gasteiger partial charge in [0.1, 0.15) is 5.78 Å². The minimum absolute atomic E-state index is 0.193. The van der Waals surface area contributed by atoms with E-state index in [1.54, 1.807) is 0 Å². The van der Waals surface area contributed by atoms with Gasteiger partial charge in [-0.1, -0.05) is 0 Å². The van der Waals surface area contributed by atoms with Crippen molar-refractivity contribution in [3.63, 3.8) is 0 Å². The first kappa shape index (κ1) is 8.57. The lowest BCUT2D eigenvalue weighted by Crippen LogP contribution is -2.54. The minimum atomic E-state index is 0.193. The standard InChI is InChI=1S/C9H15NOS/c11-8-2-4-10-9(6-8)3-1-5-12-7-9/h10H,1-7H2. The summed E-state index contributed by atoms with van der Waals surface area (Å²) in [4.78, 5) is 11.3. The molecule has 2 rings (SSSR count). The van der Waals surface area contributed by atoms with Crippen molar-refractivity contribution < 1.29 is 4.79 Å². The Bertz CT molecular complexity index is 181. The molecule has 1 N–H and O–H groups in total. The predicted octanol–water partition coefficient (Wildman–Crippen LogP) is 1.20. The van der Waals surface area contributed by atoms with Crippen LogP contribution < -0.4 is 5.32 Å². The number of ketones is 1. The average molecular weight is 185 g/mol. The number of piperidine rings is 1. The quantitative estimate of drug-likeness (QED) is 0.615. The molecule has 2 saturated heterocycles. The molecule has 1 spiro atoms. The van der Waals surface area contributed by atoms with Crippen LogP contribution in [0.4, 0.5) is 0 Å². The fourth-order valence-corrected chi connectivity index (χ4v) is 3.36. The fourth-order valence-electron chi connectivity index (χ4n) is 2.13. The Kier molecular flexibility index (Phi) is 2.42. The summed E-state index contributed by atoms with van der Waals surface area (Å²) in [6.07, 6.45) is 3.99. The van der Waals surface area contributed by atoms with Gasteiger partial charge in [-0.05, 0) is 18.6 Å². The number of Topliss-reactive ketones (excluding diaryl/α,β-unsaturated/α-hetero) is 1. The molecule has 3 heteroatoms. The fraction of sp³-hybridized carbons (Fsp3) is 0.889. The van der Waals surface area contributed by atoms with Gasteiger partial charge in [-0.2, -0.15) is 11.8 Å². The highest BCUT2D eigenvalue weighted by Gasteiger charge is 2.36. The van der Waals surface area contributed by atoms with Gasteiger partial charge in [0.15, 0.2) is 0 Å². The Morgan fingerprint density at radius 3 is 3.08 bits per heavy atom. The Morgan fingerprint density at radius 2 is 2.42 bits per heavy atom. The van der Waals surface area contributed by atoms with Crippen molar-refractivity contribution in [2.45, 2.75) is 31.2 Å². The van der Waals surface area contributed by atoms with E-state index in [1.165, 1.54) is 18.6 Å². The summed E-state index contributed by atoms with van der Waals surface area (Å²) in [5.74, 6) is 2.87. The highest BCUT2D eigenvalue weighted by atomic mass is 32.2. The number of thioether (sulfide) groups is 1. The average Bonchev–Trinajstić information content (AvgIpc) is 2.05. The molecule has 2 fully saturated rings. The number of carbonyl (C=O) groups excluding carboxylic acids is 1. The molecule has 0 aliphatic carbocycles. The molecule has 2 nitrogen and oxygen atoms in total. The highest BCUT2D eigenvalue weighted by Crippen LogP contribution is 2.31. The largest absolute Gasteiger partial charge is 0.310 e. The minimum Gasteiger partial charge on any atom is -0.310 e. The van der Waals surface area contributed by atoms with Crippen LogP contribution >= 0.6 is 11.8 Å². The summed E-state index contributed by atoms with van der Waals surface area (Å²) in [7, 11) is 0. The Labute approximate surface area is 77.5 Å². The third-order valence-corrected chi connectivity index (χ3v) is 4.10. The molecule has 0 aromatic rings. The number of carbonyl (C=O) groups is 1. The van der Waals surface area contributed by atoms with Gasteiger partial charge in [0.2, 0.25) is 0 Å². The first-order valence-electron chi connectivity index (χ1n) is 4.65. The van der Waals surface area contributed by atoms with Crippen LogP contribution in [0, 0.1) is 0 Å². The molecule has 2 heterocycles. The molecule has 0 amide bonds. The summed E-state index contributed by atoms with van der Waals surface area (Å²) < 4.78 is 0. The second-order valence-electron chi connectivity index (χ2n) is 3.83. The van der Waals surface area contributed by atoms with Crippen LogP contribution in [0.3, 0.4) is 0 Å². The van der Waals surface area contributed by atoms with Crippen molar-refractivity contribution in [3.05, 3.63) is 0 Å². The number of hydrogen-bond acceptors (Lipinski definition) is 3. The van der Waals surface area contributed by atoms with Gasteiger partial charge in [-0.25, -0.2) is 0 Å². The van der Waals surface area contributed by atoms with Crippen molar-refractivity contribution in [1.82, 2.24) is 5.32 Å². The van der Waals surface area contributed by atoms with E-state index in [9.17, 15) is 4.79 Å². The third kappa shape index (κ3) is 1.67. The topological polar surface area (TPSA) is 29.1 Å². The molecule has 1 unspecified atom stereocenters. The SMILES string of the molecule is O=C1CCNC2(CCCSC2)C1. The molecule has 2 aliphatic heterocycles. The van der Waals surface area contributed by atoms with Gasteiger partial charge < -0.3 is 5.32 Å². The van der Waals surface area contributed by atoms with Gasteiger partial charge in [0.25, 0.3) is 0 Å². The normalized spacial score (nSPS) is 37.2. The van der Waals surface area contributed by atoms with E-state index in [2.05, 4.69) is 5.32 Å². The van der Waals surface area contributed by atoms with Gasteiger partial charge in [-0.15, -0.1) is 0 Å². The second kappa shape index (κ2) is 3.38. The predicted molar refractivity (Wildman–Crippen MR) is 51.5 cm³/mol. The monoisotopic (exact) mass is 185 g/mol. The van der Waals surface area contributed by atoms with E-state index in [0.29, 0.717) is 5.78 Å². The van der Waals surface area contributed by atoms with Crippen molar-refractivity contribution in [2.75, 3.05) is 18.1 Å². The molecule has 12 heavy (non-hydrogen) atoms. The Morgan fingerprint density at radius 1 is 1.50 bits per heavy atom. The van der Waals surface area contributed by atoms with E-state index < -0.39 is 0 Å². The number of rotatable bonds is 0. The maximum atomic E-state index is 11.3. The lowest BCUT2D eigenvalue weighted by molar-refractivity contribution is -0.121. The van der Waals surface area contributed by atoms with Crippen LogP contribution in [0.1, 0.15) is 25.7 Å². The second-order valence-corrected chi connectivity index (χ2v) is 4.93. The first-order chi connectivity index (χ1) is 5.81. The maximum Gasteiger partial charge on any atom is 0.136 e. The smallest absolute Gasteiger partial charge is 0.136 e. The van der Waals surface area contributed by atoms with Crippen molar-refractivity contribution in [1.29, 1.82) is 0 Å². The summed E-state index contributed by atoms with van der Waals surface area (Å²) in [6, 6.07) is 0. The summed E-state index contributed by atoms with van der Waals surface area (Å²) in [6.45, 7) is 0.902. The highest BCUT2D eigenvalue weighted by molar-refractivity contribution is 7.99. The molecule has 0 bridgehead atoms. The van der Waals surface area contributed by atoms with Crippen LogP contribution in [0.2, 0.25) is 0 Å². The van der Waals surface area contributed by atoms with Crippen LogP contribution in [-0.4, -0.2) is 29.4 Å². The van der Waals surface area contributed by atoms with Gasteiger partial charge in [0.05, 0.1) is 0 Å². The summed E-state index contributed by atoms with van der Waals surface area (Å²) >= 11 is 1.99. The molecular weight excluding hydrogens is 170 g/mol. The van der Waals surface area contributed by atoms with Crippen LogP contribution in [0.15, 0.2) is 0 Å². The van der Waals surface area contributed by atoms with E-state index in [1.807, 2.05) is 11.8 Å². The lowest BCUT2D eigenvalue weighted by atomic mass is 9.86. The zero-order chi connectivity index (χ0) is 8.44. The first-order valence-corrected chi connectivity index (χ1v) is 5.81. The van der Waals surface area contributed by atoms with E-state index >= 15 is 0 Å². The zero-order valence-electron chi connectivity index (χ0n) is 7.27. The molecular formula is C9H15NOS. The third-order valence-electron chi connectivity index (χ3n) is 2.76. The van der Waals surface area contributed by atoms with Crippen LogP contribution in [-0.2, 0) is 4.79 Å². The summed E-state index contributed by atoms with van der Waals surface area (Å²) in [5, 5.41) is 3.52. The van der Waals surface area contributed by atoms with Gasteiger partial charge in [0, 0.05) is 30.7 Å². The van der Waals surface area contributed by atoms with E-state index in [4.69, 9.17) is 0 Å². The molecule has 0 radical (unpaired) electrons. The van der Waals surface area contributed by atoms with Crippen molar-refractivity contribution >= 4 is 17.5 Å². The molecule has 0 saturated carbocycles. The molecule has 0 aromatic heterocycles. The zero-order valence-corrected chi connectivity index (χ0v) is 8.08. The summed E-state index contributed by atoms with van der Waals surface area (Å²) in [5.41, 5.74) is 0.193. The molecule has 2 aliphatic rings. The number of nitrogens with one attached hydrogen (secondary N) is 1. The van der Waals surface area contributed by atoms with Crippen LogP contribution in [0.25, 0.3) is 0 Å². The maximum absolute atomic E-state index is 11.3. The van der Waals surface area contributed by atoms with Gasteiger partial charge >= 0.3 is 0 Å². The van der Waals surface area contributed by atoms with Crippen LogP contribution in [0.5, 0.6) is 0 Å². The Hall–Kier alpha value is -0.0200. The number of hydrogen-bond donors (Lipinski definition) is 1. The van der Waals surface area contributed by atoms with Gasteiger partial charge in [-0.3, -0.25) is 4.79 Å². The molecule has 0 aromatic carbocycles. The van der Waals surface area contributed by atoms with E-state index in [0.717, 1.165) is 25.1 Å². The van der Waals surface area contributed by atoms with Crippen molar-refractivity contribution in [2.24, 2.45) is 0 Å². The molecule has 68 valence electrons. The van der Waals surface area contributed by atoms with E-state index in [-0.39, 0.29) is 5.54 Å². The lowest BCUT2D eigenvalue weighted by Gasteiger charge is -2.40. The van der Waals surface area contributed by atoms with Crippen molar-refractivity contribution in [3.8, 4) is 0 Å².